The lowest BCUT2D eigenvalue weighted by Crippen LogP contribution is -2.12. The molecule has 1 aromatic heterocycles. The van der Waals surface area contributed by atoms with E-state index in [-0.39, 0.29) is 6.04 Å². The molecule has 1 heterocycles. The Morgan fingerprint density at radius 3 is 2.79 bits per heavy atom. The van der Waals surface area contributed by atoms with E-state index < -0.39 is 0 Å². The van der Waals surface area contributed by atoms with Crippen LogP contribution in [0.25, 0.3) is 0 Å². The zero-order chi connectivity index (χ0) is 13.7. The Bertz CT molecular complexity index is 524. The van der Waals surface area contributed by atoms with Crippen molar-refractivity contribution in [1.82, 2.24) is 0 Å². The number of hydrogen-bond donors (Lipinski definition) is 1. The highest BCUT2D eigenvalue weighted by molar-refractivity contribution is 7.10. The van der Waals surface area contributed by atoms with Gasteiger partial charge in [-0.3, -0.25) is 0 Å². The van der Waals surface area contributed by atoms with Crippen LogP contribution in [0.5, 0.6) is 11.5 Å². The second-order valence-corrected chi connectivity index (χ2v) is 5.20. The lowest BCUT2D eigenvalue weighted by atomic mass is 10.1. The van der Waals surface area contributed by atoms with Crippen molar-refractivity contribution < 1.29 is 9.47 Å². The summed E-state index contributed by atoms with van der Waals surface area (Å²) in [6.07, 6.45) is 0.983. The summed E-state index contributed by atoms with van der Waals surface area (Å²) in [5, 5.41) is 1.96. The van der Waals surface area contributed by atoms with Gasteiger partial charge in [0.25, 0.3) is 0 Å². The molecule has 1 aromatic carbocycles. The van der Waals surface area contributed by atoms with Gasteiger partial charge in [0.2, 0.25) is 0 Å². The van der Waals surface area contributed by atoms with Crippen molar-refractivity contribution in [2.45, 2.75) is 19.4 Å². The zero-order valence-corrected chi connectivity index (χ0v) is 12.1. The molecule has 19 heavy (non-hydrogen) atoms. The van der Waals surface area contributed by atoms with Gasteiger partial charge in [-0.1, -0.05) is 25.1 Å². The van der Waals surface area contributed by atoms with Gasteiger partial charge in [0.05, 0.1) is 19.8 Å². The fraction of sp³-hybridized carbons (Fsp3) is 0.333. The molecule has 0 radical (unpaired) electrons. The van der Waals surface area contributed by atoms with Crippen LogP contribution in [-0.2, 0) is 0 Å². The summed E-state index contributed by atoms with van der Waals surface area (Å²) in [4.78, 5) is 1.07. The molecule has 102 valence electrons. The van der Waals surface area contributed by atoms with Crippen molar-refractivity contribution >= 4 is 11.3 Å². The molecule has 2 rings (SSSR count). The van der Waals surface area contributed by atoms with Gasteiger partial charge in [-0.25, -0.2) is 0 Å². The molecule has 3 nitrogen and oxygen atoms in total. The molecular weight excluding hydrogens is 258 g/mol. The first kappa shape index (κ1) is 13.9. The summed E-state index contributed by atoms with van der Waals surface area (Å²) in [6.45, 7) is 2.80. The molecular formula is C15H19NO2S. The Morgan fingerprint density at radius 2 is 2.11 bits per heavy atom. The van der Waals surface area contributed by atoms with Crippen molar-refractivity contribution in [3.8, 4) is 11.5 Å². The van der Waals surface area contributed by atoms with Crippen molar-refractivity contribution in [3.05, 3.63) is 46.2 Å². The molecule has 2 aromatic rings. The zero-order valence-electron chi connectivity index (χ0n) is 11.3. The van der Waals surface area contributed by atoms with Gasteiger partial charge in [-0.2, -0.15) is 0 Å². The van der Waals surface area contributed by atoms with E-state index in [0.717, 1.165) is 28.4 Å². The van der Waals surface area contributed by atoms with Gasteiger partial charge in [-0.15, -0.1) is 11.3 Å². The first-order valence-electron chi connectivity index (χ1n) is 6.36. The molecule has 0 spiro atoms. The van der Waals surface area contributed by atoms with Gasteiger partial charge in [0.1, 0.15) is 11.5 Å². The van der Waals surface area contributed by atoms with Gasteiger partial charge >= 0.3 is 0 Å². The molecule has 1 unspecified atom stereocenters. The maximum Gasteiger partial charge on any atom is 0.129 e. The number of benzene rings is 1. The molecule has 0 fully saturated rings. The molecule has 0 bridgehead atoms. The van der Waals surface area contributed by atoms with E-state index in [9.17, 15) is 0 Å². The summed E-state index contributed by atoms with van der Waals surface area (Å²) >= 11 is 1.60. The van der Waals surface area contributed by atoms with E-state index >= 15 is 0 Å². The minimum Gasteiger partial charge on any atom is -0.496 e. The predicted molar refractivity (Wildman–Crippen MR) is 79.1 cm³/mol. The lowest BCUT2D eigenvalue weighted by Gasteiger charge is -2.15. The smallest absolute Gasteiger partial charge is 0.129 e. The summed E-state index contributed by atoms with van der Waals surface area (Å²) in [7, 11) is 1.66. The van der Waals surface area contributed by atoms with Gasteiger partial charge in [0, 0.05) is 15.8 Å². The minimum absolute atomic E-state index is 0.179. The normalized spacial score (nSPS) is 12.2. The first-order chi connectivity index (χ1) is 9.26. The van der Waals surface area contributed by atoms with Crippen molar-refractivity contribution in [2.75, 3.05) is 13.7 Å². The third kappa shape index (κ3) is 3.28. The number of nitrogens with two attached hydrogens (primary N) is 1. The maximum absolute atomic E-state index is 6.33. The average Bonchev–Trinajstić information content (AvgIpc) is 2.93. The second-order valence-electron chi connectivity index (χ2n) is 4.25. The number of ether oxygens (including phenoxy) is 2. The fourth-order valence-corrected chi connectivity index (χ4v) is 2.71. The van der Waals surface area contributed by atoms with Crippen LogP contribution in [0, 0.1) is 0 Å². The summed E-state index contributed by atoms with van der Waals surface area (Å²) in [5.41, 5.74) is 7.35. The van der Waals surface area contributed by atoms with Crippen LogP contribution < -0.4 is 15.2 Å². The Morgan fingerprint density at radius 1 is 1.32 bits per heavy atom. The molecule has 0 amide bonds. The third-order valence-corrected chi connectivity index (χ3v) is 3.85. The number of thiophene rings is 1. The van der Waals surface area contributed by atoms with Gasteiger partial charge < -0.3 is 15.2 Å². The molecule has 0 saturated heterocycles. The van der Waals surface area contributed by atoms with Crippen LogP contribution >= 0.6 is 11.3 Å². The Labute approximate surface area is 118 Å². The minimum atomic E-state index is -0.179. The number of methoxy groups -OCH3 is 1. The van der Waals surface area contributed by atoms with Crippen LogP contribution in [0.1, 0.15) is 29.8 Å². The van der Waals surface area contributed by atoms with Crippen LogP contribution in [0.2, 0.25) is 0 Å². The number of rotatable bonds is 6. The average molecular weight is 277 g/mol. The van der Waals surface area contributed by atoms with E-state index in [2.05, 4.69) is 6.92 Å². The highest BCUT2D eigenvalue weighted by atomic mass is 32.1. The van der Waals surface area contributed by atoms with Crippen LogP contribution in [0.3, 0.4) is 0 Å². The van der Waals surface area contributed by atoms with Gasteiger partial charge in [-0.05, 0) is 18.6 Å². The van der Waals surface area contributed by atoms with E-state index in [1.807, 2.05) is 35.7 Å². The van der Waals surface area contributed by atoms with E-state index in [1.165, 1.54) is 0 Å². The van der Waals surface area contributed by atoms with Crippen molar-refractivity contribution in [3.63, 3.8) is 0 Å². The fourth-order valence-electron chi connectivity index (χ4n) is 1.84. The lowest BCUT2D eigenvalue weighted by molar-refractivity contribution is 0.313. The molecule has 2 N–H and O–H groups in total. The topological polar surface area (TPSA) is 44.5 Å². The monoisotopic (exact) mass is 277 g/mol. The second kappa shape index (κ2) is 6.59. The number of para-hydroxylation sites is 1. The third-order valence-electron chi connectivity index (χ3n) is 2.85. The van der Waals surface area contributed by atoms with Gasteiger partial charge in [0.15, 0.2) is 0 Å². The van der Waals surface area contributed by atoms with Crippen LogP contribution in [-0.4, -0.2) is 13.7 Å². The number of hydrogen-bond acceptors (Lipinski definition) is 4. The van der Waals surface area contributed by atoms with E-state index in [4.69, 9.17) is 15.2 Å². The maximum atomic E-state index is 6.33. The Kier molecular flexibility index (Phi) is 4.82. The van der Waals surface area contributed by atoms with E-state index in [1.54, 1.807) is 18.4 Å². The summed E-state index contributed by atoms with van der Waals surface area (Å²) in [5.74, 6) is 1.71. The molecule has 0 aliphatic carbocycles. The predicted octanol–water partition coefficient (Wildman–Crippen LogP) is 3.59. The first-order valence-corrected chi connectivity index (χ1v) is 7.24. The quantitative estimate of drug-likeness (QED) is 0.877. The SMILES string of the molecule is CCCOc1ccccc1C(N)c1cc(OC)cs1. The highest BCUT2D eigenvalue weighted by Crippen LogP contribution is 2.33. The Hall–Kier alpha value is -1.52. The van der Waals surface area contributed by atoms with Crippen molar-refractivity contribution in [2.24, 2.45) is 5.73 Å². The van der Waals surface area contributed by atoms with Crippen molar-refractivity contribution in [1.29, 1.82) is 0 Å². The standard InChI is InChI=1S/C15H19NO2S/c1-3-8-18-13-7-5-4-6-12(13)15(16)14-9-11(17-2)10-19-14/h4-7,9-10,15H,3,8,16H2,1-2H3. The summed E-state index contributed by atoms with van der Waals surface area (Å²) in [6, 6.07) is 9.74. The highest BCUT2D eigenvalue weighted by Gasteiger charge is 2.16. The van der Waals surface area contributed by atoms with Crippen LogP contribution in [0.4, 0.5) is 0 Å². The molecule has 0 aliphatic rings. The van der Waals surface area contributed by atoms with E-state index in [0.29, 0.717) is 6.61 Å². The largest absolute Gasteiger partial charge is 0.496 e. The van der Waals surface area contributed by atoms with Crippen LogP contribution in [0.15, 0.2) is 35.7 Å². The Balaban J connectivity index is 2.24. The molecule has 0 saturated carbocycles. The molecule has 4 heteroatoms. The summed E-state index contributed by atoms with van der Waals surface area (Å²) < 4.78 is 11.0. The molecule has 1 atom stereocenters. The molecule has 0 aliphatic heterocycles.